The van der Waals surface area contributed by atoms with Crippen LogP contribution in [0.25, 0.3) is 0 Å². The normalized spacial score (nSPS) is 9.82. The highest BCUT2D eigenvalue weighted by molar-refractivity contribution is 6.29. The first-order valence-electron chi connectivity index (χ1n) is 3.41. The van der Waals surface area contributed by atoms with Crippen molar-refractivity contribution >= 4 is 17.3 Å². The number of nitrogens with zero attached hydrogens (tertiary/aromatic N) is 2. The molecule has 0 radical (unpaired) electrons. The molecule has 0 aliphatic carbocycles. The van der Waals surface area contributed by atoms with E-state index in [9.17, 15) is 0 Å². The zero-order valence-corrected chi connectivity index (χ0v) is 7.68. The summed E-state index contributed by atoms with van der Waals surface area (Å²) in [6.07, 6.45) is 0. The van der Waals surface area contributed by atoms with Gasteiger partial charge >= 0.3 is 0 Å². The smallest absolute Gasteiger partial charge is 0.129 e. The standard InChI is InChI=1S/C8H11ClN2/c1-6-7(11(2)3)4-5-8(9)10-6/h4-5H,1-3H3. The van der Waals surface area contributed by atoms with Crippen LogP contribution in [0.2, 0.25) is 5.15 Å². The molecule has 0 aliphatic rings. The summed E-state index contributed by atoms with van der Waals surface area (Å²) < 4.78 is 0. The number of pyridine rings is 1. The zero-order chi connectivity index (χ0) is 8.43. The Morgan fingerprint density at radius 3 is 2.45 bits per heavy atom. The lowest BCUT2D eigenvalue weighted by Gasteiger charge is -2.14. The number of hydrogen-bond donors (Lipinski definition) is 0. The minimum absolute atomic E-state index is 0.549. The largest absolute Gasteiger partial charge is 0.376 e. The molecule has 11 heavy (non-hydrogen) atoms. The maximum Gasteiger partial charge on any atom is 0.129 e. The van der Waals surface area contributed by atoms with Gasteiger partial charge in [0, 0.05) is 14.1 Å². The minimum Gasteiger partial charge on any atom is -0.376 e. The Labute approximate surface area is 71.8 Å². The molecule has 0 fully saturated rings. The molecule has 0 aromatic carbocycles. The van der Waals surface area contributed by atoms with Crippen molar-refractivity contribution in [3.05, 3.63) is 23.0 Å². The van der Waals surface area contributed by atoms with Crippen LogP contribution in [0.15, 0.2) is 12.1 Å². The van der Waals surface area contributed by atoms with Crippen molar-refractivity contribution < 1.29 is 0 Å². The lowest BCUT2D eigenvalue weighted by atomic mass is 10.3. The van der Waals surface area contributed by atoms with Crippen LogP contribution in [-0.2, 0) is 0 Å². The van der Waals surface area contributed by atoms with Crippen molar-refractivity contribution in [1.82, 2.24) is 4.98 Å². The Balaban J connectivity index is 3.09. The molecule has 0 aliphatic heterocycles. The van der Waals surface area contributed by atoms with Crippen molar-refractivity contribution in [2.24, 2.45) is 0 Å². The first kappa shape index (κ1) is 8.34. The van der Waals surface area contributed by atoms with Crippen molar-refractivity contribution in [2.45, 2.75) is 6.92 Å². The summed E-state index contributed by atoms with van der Waals surface area (Å²) in [7, 11) is 3.97. The molecule has 0 atom stereocenters. The van der Waals surface area contributed by atoms with E-state index in [0.717, 1.165) is 11.4 Å². The van der Waals surface area contributed by atoms with Crippen LogP contribution in [-0.4, -0.2) is 19.1 Å². The second kappa shape index (κ2) is 3.09. The molecule has 0 saturated carbocycles. The highest BCUT2D eigenvalue weighted by Crippen LogP contribution is 2.17. The van der Waals surface area contributed by atoms with Gasteiger partial charge in [-0.15, -0.1) is 0 Å². The van der Waals surface area contributed by atoms with Crippen molar-refractivity contribution in [1.29, 1.82) is 0 Å². The second-order valence-electron chi connectivity index (χ2n) is 2.63. The molecule has 0 saturated heterocycles. The van der Waals surface area contributed by atoms with Crippen LogP contribution in [0.3, 0.4) is 0 Å². The summed E-state index contributed by atoms with van der Waals surface area (Å²) in [6, 6.07) is 3.76. The van der Waals surface area contributed by atoms with E-state index in [1.807, 2.05) is 32.0 Å². The van der Waals surface area contributed by atoms with Gasteiger partial charge in [-0.1, -0.05) is 11.6 Å². The fourth-order valence-electron chi connectivity index (χ4n) is 0.996. The number of hydrogen-bond acceptors (Lipinski definition) is 2. The van der Waals surface area contributed by atoms with Crippen molar-refractivity contribution in [3.8, 4) is 0 Å². The molecule has 0 spiro atoms. The fraction of sp³-hybridized carbons (Fsp3) is 0.375. The second-order valence-corrected chi connectivity index (χ2v) is 3.02. The number of halogens is 1. The Bertz CT molecular complexity index is 258. The molecule has 1 rings (SSSR count). The maximum atomic E-state index is 5.69. The summed E-state index contributed by atoms with van der Waals surface area (Å²) in [5.41, 5.74) is 2.07. The molecule has 0 unspecified atom stereocenters. The third-order valence-electron chi connectivity index (χ3n) is 1.51. The van der Waals surface area contributed by atoms with Gasteiger partial charge in [0.15, 0.2) is 0 Å². The monoisotopic (exact) mass is 170 g/mol. The molecule has 3 heteroatoms. The number of aryl methyl sites for hydroxylation is 1. The predicted octanol–water partition coefficient (Wildman–Crippen LogP) is 2.11. The van der Waals surface area contributed by atoms with Crippen molar-refractivity contribution in [3.63, 3.8) is 0 Å². The van der Waals surface area contributed by atoms with Gasteiger partial charge in [-0.3, -0.25) is 0 Å². The first-order valence-corrected chi connectivity index (χ1v) is 3.79. The van der Waals surface area contributed by atoms with Crippen LogP contribution >= 0.6 is 11.6 Å². The molecular weight excluding hydrogens is 160 g/mol. The summed E-state index contributed by atoms with van der Waals surface area (Å²) >= 11 is 5.69. The number of anilines is 1. The first-order chi connectivity index (χ1) is 5.11. The van der Waals surface area contributed by atoms with Gasteiger partial charge in [-0.25, -0.2) is 4.98 Å². The van der Waals surface area contributed by atoms with E-state index in [1.54, 1.807) is 6.07 Å². The lowest BCUT2D eigenvalue weighted by molar-refractivity contribution is 1.07. The third kappa shape index (κ3) is 1.84. The van der Waals surface area contributed by atoms with E-state index in [1.165, 1.54) is 0 Å². The summed E-state index contributed by atoms with van der Waals surface area (Å²) in [5, 5.41) is 0.549. The molecule has 2 nitrogen and oxygen atoms in total. The van der Waals surface area contributed by atoms with E-state index in [2.05, 4.69) is 4.98 Å². The summed E-state index contributed by atoms with van der Waals surface area (Å²) in [4.78, 5) is 6.13. The van der Waals surface area contributed by atoms with Gasteiger partial charge in [0.05, 0.1) is 11.4 Å². The van der Waals surface area contributed by atoms with Crippen molar-refractivity contribution in [2.75, 3.05) is 19.0 Å². The Morgan fingerprint density at radius 1 is 1.36 bits per heavy atom. The van der Waals surface area contributed by atoms with Gasteiger partial charge in [0.25, 0.3) is 0 Å². The molecule has 60 valence electrons. The van der Waals surface area contributed by atoms with Gasteiger partial charge in [-0.05, 0) is 19.1 Å². The SMILES string of the molecule is Cc1nc(Cl)ccc1N(C)C. The van der Waals surface area contributed by atoms with Gasteiger partial charge in [0.2, 0.25) is 0 Å². The maximum absolute atomic E-state index is 5.69. The Hall–Kier alpha value is -0.760. The lowest BCUT2D eigenvalue weighted by Crippen LogP contribution is -2.10. The molecule has 0 N–H and O–H groups in total. The molecular formula is C8H11ClN2. The average Bonchev–Trinajstić information content (AvgIpc) is 1.85. The summed E-state index contributed by atoms with van der Waals surface area (Å²) in [6.45, 7) is 1.95. The third-order valence-corrected chi connectivity index (χ3v) is 1.72. The summed E-state index contributed by atoms with van der Waals surface area (Å²) in [5.74, 6) is 0. The van der Waals surface area contributed by atoms with E-state index in [4.69, 9.17) is 11.6 Å². The van der Waals surface area contributed by atoms with Crippen LogP contribution < -0.4 is 4.90 Å². The van der Waals surface area contributed by atoms with Gasteiger partial charge in [-0.2, -0.15) is 0 Å². The van der Waals surface area contributed by atoms with Crippen LogP contribution in [0, 0.1) is 6.92 Å². The molecule has 1 aromatic heterocycles. The molecule has 0 bridgehead atoms. The molecule has 1 heterocycles. The number of aromatic nitrogens is 1. The van der Waals surface area contributed by atoms with Gasteiger partial charge in [0.1, 0.15) is 5.15 Å². The minimum atomic E-state index is 0.549. The van der Waals surface area contributed by atoms with Crippen LogP contribution in [0.4, 0.5) is 5.69 Å². The Morgan fingerprint density at radius 2 is 2.00 bits per heavy atom. The highest BCUT2D eigenvalue weighted by Gasteiger charge is 2.00. The van der Waals surface area contributed by atoms with E-state index in [0.29, 0.717) is 5.15 Å². The molecule has 0 amide bonds. The van der Waals surface area contributed by atoms with E-state index in [-0.39, 0.29) is 0 Å². The van der Waals surface area contributed by atoms with Crippen LogP contribution in [0.5, 0.6) is 0 Å². The fourth-order valence-corrected chi connectivity index (χ4v) is 1.19. The zero-order valence-electron chi connectivity index (χ0n) is 6.93. The number of rotatable bonds is 1. The van der Waals surface area contributed by atoms with Crippen LogP contribution in [0.1, 0.15) is 5.69 Å². The Kier molecular flexibility index (Phi) is 2.35. The highest BCUT2D eigenvalue weighted by atomic mass is 35.5. The van der Waals surface area contributed by atoms with E-state index < -0.39 is 0 Å². The molecule has 1 aromatic rings. The van der Waals surface area contributed by atoms with E-state index >= 15 is 0 Å². The quantitative estimate of drug-likeness (QED) is 0.601. The van der Waals surface area contributed by atoms with Gasteiger partial charge < -0.3 is 4.90 Å². The predicted molar refractivity (Wildman–Crippen MR) is 48.3 cm³/mol. The topological polar surface area (TPSA) is 16.1 Å². The average molecular weight is 171 g/mol.